The SMILES string of the molecule is Cc1cn2cc(-c3cc4ccc(C5CCN(C6COC6)CC5)cc4oc3=O)nc2c(C)n1. The molecule has 1 aromatic carbocycles. The minimum absolute atomic E-state index is 0.361. The highest BCUT2D eigenvalue weighted by Crippen LogP contribution is 2.32. The molecule has 0 saturated carbocycles. The Kier molecular flexibility index (Phi) is 4.62. The normalized spacial score (nSPS) is 18.4. The third kappa shape index (κ3) is 3.32. The molecule has 7 nitrogen and oxygen atoms in total. The first-order valence-electron chi connectivity index (χ1n) is 11.3. The lowest BCUT2D eigenvalue weighted by molar-refractivity contribution is -0.0712. The zero-order valence-electron chi connectivity index (χ0n) is 18.4. The zero-order valence-corrected chi connectivity index (χ0v) is 18.4. The van der Waals surface area contributed by atoms with Crippen molar-refractivity contribution in [3.63, 3.8) is 0 Å². The lowest BCUT2D eigenvalue weighted by atomic mass is 9.88. The molecular weight excluding hydrogens is 404 g/mol. The number of aromatic nitrogens is 3. The molecule has 0 spiro atoms. The van der Waals surface area contributed by atoms with E-state index < -0.39 is 0 Å². The Morgan fingerprint density at radius 2 is 1.84 bits per heavy atom. The van der Waals surface area contributed by atoms with Gasteiger partial charge in [-0.25, -0.2) is 9.78 Å². The van der Waals surface area contributed by atoms with Gasteiger partial charge in [0.25, 0.3) is 0 Å². The van der Waals surface area contributed by atoms with Crippen LogP contribution in [0.15, 0.2) is 45.9 Å². The first-order valence-corrected chi connectivity index (χ1v) is 11.3. The van der Waals surface area contributed by atoms with Gasteiger partial charge in [-0.1, -0.05) is 12.1 Å². The van der Waals surface area contributed by atoms with Gasteiger partial charge in [0.15, 0.2) is 5.65 Å². The van der Waals surface area contributed by atoms with E-state index in [2.05, 4.69) is 27.0 Å². The number of rotatable bonds is 3. The van der Waals surface area contributed by atoms with Crippen molar-refractivity contribution in [2.24, 2.45) is 0 Å². The lowest BCUT2D eigenvalue weighted by Gasteiger charge is -2.41. The second-order valence-corrected chi connectivity index (χ2v) is 9.07. The van der Waals surface area contributed by atoms with E-state index in [9.17, 15) is 4.79 Å². The highest BCUT2D eigenvalue weighted by molar-refractivity contribution is 5.82. The molecule has 7 heteroatoms. The molecule has 5 heterocycles. The van der Waals surface area contributed by atoms with Gasteiger partial charge in [-0.05, 0) is 63.4 Å². The van der Waals surface area contributed by atoms with Crippen LogP contribution in [0.25, 0.3) is 27.9 Å². The molecule has 0 amide bonds. The molecule has 32 heavy (non-hydrogen) atoms. The molecule has 6 rings (SSSR count). The summed E-state index contributed by atoms with van der Waals surface area (Å²) in [5.41, 5.74) is 5.10. The minimum Gasteiger partial charge on any atom is -0.422 e. The number of imidazole rings is 1. The monoisotopic (exact) mass is 430 g/mol. The summed E-state index contributed by atoms with van der Waals surface area (Å²) in [5.74, 6) is 0.499. The molecule has 2 saturated heterocycles. The molecule has 0 bridgehead atoms. The van der Waals surface area contributed by atoms with Gasteiger partial charge in [-0.2, -0.15) is 0 Å². The Hall–Kier alpha value is -3.03. The van der Waals surface area contributed by atoms with E-state index >= 15 is 0 Å². The molecule has 3 aromatic heterocycles. The molecular formula is C25H26N4O3. The van der Waals surface area contributed by atoms with Crippen LogP contribution in [-0.4, -0.2) is 51.6 Å². The van der Waals surface area contributed by atoms with Crippen molar-refractivity contribution in [2.45, 2.75) is 38.6 Å². The van der Waals surface area contributed by atoms with Gasteiger partial charge in [0.1, 0.15) is 5.58 Å². The van der Waals surface area contributed by atoms with Gasteiger partial charge in [0.2, 0.25) is 0 Å². The molecule has 0 atom stereocenters. The van der Waals surface area contributed by atoms with Crippen molar-refractivity contribution < 1.29 is 9.15 Å². The Labute approximate surface area is 185 Å². The van der Waals surface area contributed by atoms with E-state index in [1.807, 2.05) is 42.8 Å². The van der Waals surface area contributed by atoms with Gasteiger partial charge >= 0.3 is 5.63 Å². The lowest BCUT2D eigenvalue weighted by Crippen LogP contribution is -2.51. The van der Waals surface area contributed by atoms with Crippen LogP contribution in [0.2, 0.25) is 0 Å². The van der Waals surface area contributed by atoms with Crippen molar-refractivity contribution in [1.82, 2.24) is 19.3 Å². The standard InChI is InChI=1S/C25H26N4O3/c1-15-11-29-12-22(27-24(29)16(2)26-15)21-9-19-4-3-18(10-23(19)32-25(21)30)17-5-7-28(8-6-17)20-13-31-14-20/h3-4,9-12,17,20H,5-8,13-14H2,1-2H3. The first kappa shape index (κ1) is 19.6. The van der Waals surface area contributed by atoms with E-state index in [4.69, 9.17) is 9.15 Å². The van der Waals surface area contributed by atoms with E-state index in [1.165, 1.54) is 5.56 Å². The molecule has 0 aliphatic carbocycles. The Bertz CT molecular complexity index is 1380. The minimum atomic E-state index is -0.361. The number of piperidine rings is 1. The van der Waals surface area contributed by atoms with E-state index in [0.29, 0.717) is 28.8 Å². The smallest absolute Gasteiger partial charge is 0.345 e. The molecule has 2 aliphatic rings. The maximum Gasteiger partial charge on any atom is 0.345 e. The Morgan fingerprint density at radius 3 is 2.59 bits per heavy atom. The summed E-state index contributed by atoms with van der Waals surface area (Å²) in [6, 6.07) is 8.79. The number of likely N-dealkylation sites (tertiary alicyclic amines) is 1. The van der Waals surface area contributed by atoms with Gasteiger partial charge in [-0.3, -0.25) is 9.88 Å². The summed E-state index contributed by atoms with van der Waals surface area (Å²) in [6.07, 6.45) is 6.03. The fourth-order valence-corrected chi connectivity index (χ4v) is 5.03. The van der Waals surface area contributed by atoms with Crippen molar-refractivity contribution in [1.29, 1.82) is 0 Å². The first-order chi connectivity index (χ1) is 15.5. The van der Waals surface area contributed by atoms with Crippen LogP contribution in [-0.2, 0) is 4.74 Å². The number of hydrogen-bond acceptors (Lipinski definition) is 6. The summed E-state index contributed by atoms with van der Waals surface area (Å²) >= 11 is 0. The fourth-order valence-electron chi connectivity index (χ4n) is 5.03. The van der Waals surface area contributed by atoms with E-state index in [1.54, 1.807) is 0 Å². The van der Waals surface area contributed by atoms with Crippen molar-refractivity contribution in [2.75, 3.05) is 26.3 Å². The van der Waals surface area contributed by atoms with Crippen LogP contribution in [0.1, 0.15) is 35.7 Å². The number of nitrogens with zero attached hydrogens (tertiary/aromatic N) is 4. The fraction of sp³-hybridized carbons (Fsp3) is 0.400. The third-order valence-corrected chi connectivity index (χ3v) is 6.90. The van der Waals surface area contributed by atoms with Crippen LogP contribution < -0.4 is 5.63 Å². The highest BCUT2D eigenvalue weighted by Gasteiger charge is 2.30. The van der Waals surface area contributed by atoms with Crippen molar-refractivity contribution >= 4 is 16.6 Å². The summed E-state index contributed by atoms with van der Waals surface area (Å²) < 4.78 is 13.0. The Balaban J connectivity index is 1.30. The van der Waals surface area contributed by atoms with E-state index in [-0.39, 0.29) is 5.63 Å². The highest BCUT2D eigenvalue weighted by atomic mass is 16.5. The average Bonchev–Trinajstić information content (AvgIpc) is 3.16. The summed E-state index contributed by atoms with van der Waals surface area (Å²) in [7, 11) is 0. The quantitative estimate of drug-likeness (QED) is 0.462. The maximum absolute atomic E-state index is 12.9. The largest absolute Gasteiger partial charge is 0.422 e. The summed E-state index contributed by atoms with van der Waals surface area (Å²) in [5, 5.41) is 0.912. The second-order valence-electron chi connectivity index (χ2n) is 9.07. The number of fused-ring (bicyclic) bond motifs is 2. The van der Waals surface area contributed by atoms with Gasteiger partial charge in [0.05, 0.1) is 41.9 Å². The summed E-state index contributed by atoms with van der Waals surface area (Å²) in [6.45, 7) is 7.81. The number of hydrogen-bond donors (Lipinski definition) is 0. The van der Waals surface area contributed by atoms with Gasteiger partial charge in [-0.15, -0.1) is 0 Å². The molecule has 4 aromatic rings. The molecule has 0 N–H and O–H groups in total. The van der Waals surface area contributed by atoms with Crippen molar-refractivity contribution in [3.05, 3.63) is 64.0 Å². The average molecular weight is 431 g/mol. The second kappa shape index (κ2) is 7.53. The van der Waals surface area contributed by atoms with Crippen LogP contribution in [0.3, 0.4) is 0 Å². The van der Waals surface area contributed by atoms with Crippen LogP contribution in [0.4, 0.5) is 0 Å². The topological polar surface area (TPSA) is 72.9 Å². The molecule has 164 valence electrons. The zero-order chi connectivity index (χ0) is 21.8. The van der Waals surface area contributed by atoms with Crippen LogP contribution >= 0.6 is 0 Å². The predicted octanol–water partition coefficient (Wildman–Crippen LogP) is 3.70. The van der Waals surface area contributed by atoms with Crippen molar-refractivity contribution in [3.8, 4) is 11.3 Å². The molecule has 0 unspecified atom stereocenters. The number of benzene rings is 1. The van der Waals surface area contributed by atoms with Crippen LogP contribution in [0.5, 0.6) is 0 Å². The van der Waals surface area contributed by atoms with E-state index in [0.717, 1.165) is 61.6 Å². The predicted molar refractivity (Wildman–Crippen MR) is 122 cm³/mol. The molecule has 2 fully saturated rings. The summed E-state index contributed by atoms with van der Waals surface area (Å²) in [4.78, 5) is 24.5. The van der Waals surface area contributed by atoms with Gasteiger partial charge < -0.3 is 13.6 Å². The molecule has 2 aliphatic heterocycles. The van der Waals surface area contributed by atoms with Crippen LogP contribution in [0, 0.1) is 13.8 Å². The third-order valence-electron chi connectivity index (χ3n) is 6.90. The van der Waals surface area contributed by atoms with Gasteiger partial charge in [0, 0.05) is 17.8 Å². The molecule has 0 radical (unpaired) electrons. The maximum atomic E-state index is 12.9. The Morgan fingerprint density at radius 1 is 1.03 bits per heavy atom. The number of aryl methyl sites for hydroxylation is 2. The number of ether oxygens (including phenoxy) is 1.